The molecule has 0 saturated heterocycles. The minimum atomic E-state index is -1.15. The Kier molecular flexibility index (Phi) is 2.62. The lowest BCUT2D eigenvalue weighted by Crippen LogP contribution is -2.26. The second-order valence-electron chi connectivity index (χ2n) is 3.80. The minimum Gasteiger partial charge on any atom is -0.480 e. The van der Waals surface area contributed by atoms with Gasteiger partial charge in [0.05, 0.1) is 5.69 Å². The zero-order chi connectivity index (χ0) is 11.7. The van der Waals surface area contributed by atoms with Crippen LogP contribution in [0, 0.1) is 11.3 Å². The largest absolute Gasteiger partial charge is 0.480 e. The number of aliphatic carboxylic acids is 1. The van der Waals surface area contributed by atoms with E-state index in [0.717, 1.165) is 25.0 Å². The number of rotatable bonds is 2. The Morgan fingerprint density at radius 3 is 3.00 bits per heavy atom. The number of aromatic nitrogens is 2. The molecule has 0 fully saturated rings. The average Bonchev–Trinajstić information content (AvgIpc) is 2.66. The summed E-state index contributed by atoms with van der Waals surface area (Å²) < 4.78 is 1.78. The van der Waals surface area contributed by atoms with Crippen molar-refractivity contribution in [2.24, 2.45) is 5.73 Å². The Hall–Kier alpha value is -1.87. The van der Waals surface area contributed by atoms with Crippen molar-refractivity contribution in [2.75, 3.05) is 0 Å². The number of fused-ring (bicyclic) bond motifs is 1. The maximum Gasteiger partial charge on any atom is 0.328 e. The van der Waals surface area contributed by atoms with Gasteiger partial charge in [0.1, 0.15) is 11.9 Å². The molecule has 1 aliphatic rings. The van der Waals surface area contributed by atoms with E-state index in [2.05, 4.69) is 4.98 Å². The molecule has 0 aliphatic carbocycles. The first-order valence-electron chi connectivity index (χ1n) is 5.13. The Labute approximate surface area is 92.3 Å². The lowest BCUT2D eigenvalue weighted by molar-refractivity contribution is -0.138. The Bertz CT molecular complexity index is 472. The van der Waals surface area contributed by atoms with Gasteiger partial charge in [-0.2, -0.15) is 5.26 Å². The van der Waals surface area contributed by atoms with E-state index in [9.17, 15) is 4.79 Å². The van der Waals surface area contributed by atoms with Crippen molar-refractivity contribution in [1.29, 1.82) is 5.26 Å². The molecule has 3 N–H and O–H groups in total. The maximum atomic E-state index is 10.8. The normalized spacial score (nSPS) is 16.2. The lowest BCUT2D eigenvalue weighted by atomic mass is 10.1. The molecule has 16 heavy (non-hydrogen) atoms. The number of carboxylic acid groups (broad SMARTS) is 1. The molecule has 0 bridgehead atoms. The third kappa shape index (κ3) is 1.55. The zero-order valence-electron chi connectivity index (χ0n) is 8.68. The number of carbonyl (C=O) groups is 1. The number of hydrogen-bond acceptors (Lipinski definition) is 4. The third-order valence-corrected chi connectivity index (χ3v) is 2.80. The van der Waals surface area contributed by atoms with Crippen LogP contribution in [0.15, 0.2) is 0 Å². The molecule has 0 saturated carbocycles. The van der Waals surface area contributed by atoms with E-state index >= 15 is 0 Å². The number of hydrogen-bond donors (Lipinski definition) is 2. The zero-order valence-corrected chi connectivity index (χ0v) is 8.68. The van der Waals surface area contributed by atoms with Crippen LogP contribution in [0.5, 0.6) is 0 Å². The molecule has 0 radical (unpaired) electrons. The number of nitrogens with two attached hydrogens (primary N) is 1. The molecule has 2 rings (SSSR count). The predicted octanol–water partition coefficient (Wildman–Crippen LogP) is 0.175. The highest BCUT2D eigenvalue weighted by atomic mass is 16.4. The summed E-state index contributed by atoms with van der Waals surface area (Å²) in [7, 11) is 0. The smallest absolute Gasteiger partial charge is 0.328 e. The number of nitriles is 1. The van der Waals surface area contributed by atoms with Crippen molar-refractivity contribution in [3.8, 4) is 6.07 Å². The van der Waals surface area contributed by atoms with Gasteiger partial charge in [-0.05, 0) is 19.3 Å². The van der Waals surface area contributed by atoms with Crippen molar-refractivity contribution >= 4 is 5.97 Å². The van der Waals surface area contributed by atoms with Gasteiger partial charge >= 0.3 is 5.97 Å². The molecule has 0 amide bonds. The number of carboxylic acids is 1. The molecule has 0 spiro atoms. The van der Waals surface area contributed by atoms with Crippen LogP contribution in [0.4, 0.5) is 0 Å². The summed E-state index contributed by atoms with van der Waals surface area (Å²) >= 11 is 0. The van der Waals surface area contributed by atoms with Gasteiger partial charge in [0, 0.05) is 6.54 Å². The Morgan fingerprint density at radius 1 is 1.62 bits per heavy atom. The standard InChI is InChI=1S/C10H12N4O2/c11-5-6-7-3-1-2-4-14(7)9(13-6)8(12)10(15)16/h8H,1-4,12H2,(H,15,16). The van der Waals surface area contributed by atoms with Gasteiger partial charge in [-0.15, -0.1) is 0 Å². The molecule has 1 aromatic rings. The average molecular weight is 220 g/mol. The molecule has 84 valence electrons. The van der Waals surface area contributed by atoms with Crippen LogP contribution in [-0.2, 0) is 17.8 Å². The predicted molar refractivity (Wildman–Crippen MR) is 54.4 cm³/mol. The van der Waals surface area contributed by atoms with Gasteiger partial charge < -0.3 is 15.4 Å². The minimum absolute atomic E-state index is 0.291. The first-order valence-corrected chi connectivity index (χ1v) is 5.13. The Morgan fingerprint density at radius 2 is 2.38 bits per heavy atom. The van der Waals surface area contributed by atoms with E-state index in [1.165, 1.54) is 0 Å². The summed E-state index contributed by atoms with van der Waals surface area (Å²) in [4.78, 5) is 14.8. The fourth-order valence-electron chi connectivity index (χ4n) is 2.01. The molecular weight excluding hydrogens is 208 g/mol. The number of imidazole rings is 1. The van der Waals surface area contributed by atoms with Crippen LogP contribution in [-0.4, -0.2) is 20.6 Å². The van der Waals surface area contributed by atoms with Crippen LogP contribution in [0.3, 0.4) is 0 Å². The highest BCUT2D eigenvalue weighted by Crippen LogP contribution is 2.23. The van der Waals surface area contributed by atoms with Crippen LogP contribution in [0.25, 0.3) is 0 Å². The first kappa shape index (κ1) is 10.6. The molecule has 1 aliphatic heterocycles. The second-order valence-corrected chi connectivity index (χ2v) is 3.80. The fraction of sp³-hybridized carbons (Fsp3) is 0.500. The summed E-state index contributed by atoms with van der Waals surface area (Å²) in [6.07, 6.45) is 2.73. The van der Waals surface area contributed by atoms with Crippen molar-refractivity contribution in [1.82, 2.24) is 9.55 Å². The summed E-state index contributed by atoms with van der Waals surface area (Å²) in [6, 6.07) is 0.835. The molecule has 1 atom stereocenters. The number of nitrogens with zero attached hydrogens (tertiary/aromatic N) is 3. The van der Waals surface area contributed by atoms with Crippen molar-refractivity contribution in [3.63, 3.8) is 0 Å². The summed E-state index contributed by atoms with van der Waals surface area (Å²) in [6.45, 7) is 0.695. The van der Waals surface area contributed by atoms with E-state index in [0.29, 0.717) is 18.1 Å². The molecule has 6 heteroatoms. The fourth-order valence-corrected chi connectivity index (χ4v) is 2.01. The van der Waals surface area contributed by atoms with Crippen LogP contribution in [0.1, 0.15) is 36.1 Å². The molecule has 0 aromatic carbocycles. The van der Waals surface area contributed by atoms with E-state index in [-0.39, 0.29) is 0 Å². The van der Waals surface area contributed by atoms with Crippen LogP contribution >= 0.6 is 0 Å². The van der Waals surface area contributed by atoms with E-state index in [1.54, 1.807) is 4.57 Å². The monoisotopic (exact) mass is 220 g/mol. The van der Waals surface area contributed by atoms with Gasteiger partial charge in [-0.3, -0.25) is 4.79 Å². The molecule has 1 aromatic heterocycles. The van der Waals surface area contributed by atoms with Crippen molar-refractivity contribution in [3.05, 3.63) is 17.2 Å². The highest BCUT2D eigenvalue weighted by Gasteiger charge is 2.26. The Balaban J connectivity index is 2.51. The SMILES string of the molecule is N#Cc1nc(C(N)C(=O)O)n2c1CCCC2. The summed E-state index contributed by atoms with van der Waals surface area (Å²) in [5, 5.41) is 17.8. The quantitative estimate of drug-likeness (QED) is 0.739. The first-order chi connectivity index (χ1) is 7.65. The topological polar surface area (TPSA) is 105 Å². The van der Waals surface area contributed by atoms with Gasteiger partial charge in [0.2, 0.25) is 0 Å². The van der Waals surface area contributed by atoms with Crippen LogP contribution < -0.4 is 5.73 Å². The van der Waals surface area contributed by atoms with E-state index in [1.807, 2.05) is 6.07 Å². The molecule has 6 nitrogen and oxygen atoms in total. The molecule has 1 unspecified atom stereocenters. The molecule has 2 heterocycles. The lowest BCUT2D eigenvalue weighted by Gasteiger charge is -2.17. The third-order valence-electron chi connectivity index (χ3n) is 2.80. The molecular formula is C10H12N4O2. The van der Waals surface area contributed by atoms with Gasteiger partial charge in [-0.1, -0.05) is 0 Å². The van der Waals surface area contributed by atoms with Crippen molar-refractivity contribution in [2.45, 2.75) is 31.8 Å². The summed E-state index contributed by atoms with van der Waals surface area (Å²) in [5.74, 6) is -0.832. The van der Waals surface area contributed by atoms with Gasteiger partial charge in [-0.25, -0.2) is 4.98 Å². The summed E-state index contributed by atoms with van der Waals surface area (Å²) in [5.41, 5.74) is 6.67. The van der Waals surface area contributed by atoms with Gasteiger partial charge in [0.15, 0.2) is 11.7 Å². The highest BCUT2D eigenvalue weighted by molar-refractivity contribution is 5.74. The van der Waals surface area contributed by atoms with Crippen molar-refractivity contribution < 1.29 is 9.90 Å². The second kappa shape index (κ2) is 3.94. The van der Waals surface area contributed by atoms with E-state index < -0.39 is 12.0 Å². The van der Waals surface area contributed by atoms with Gasteiger partial charge in [0.25, 0.3) is 0 Å². The maximum absolute atomic E-state index is 10.8. The van der Waals surface area contributed by atoms with E-state index in [4.69, 9.17) is 16.1 Å². The van der Waals surface area contributed by atoms with Crippen LogP contribution in [0.2, 0.25) is 0 Å².